The van der Waals surface area contributed by atoms with Crippen molar-refractivity contribution in [2.24, 2.45) is 11.8 Å². The number of anilines is 1. The number of amides is 2. The molecule has 0 radical (unpaired) electrons. The van der Waals surface area contributed by atoms with Crippen molar-refractivity contribution in [2.75, 3.05) is 11.9 Å². The first-order chi connectivity index (χ1) is 12.2. The monoisotopic (exact) mass is 357 g/mol. The summed E-state index contributed by atoms with van der Waals surface area (Å²) < 4.78 is 11.4. The van der Waals surface area contributed by atoms with Crippen molar-refractivity contribution in [3.8, 4) is 0 Å². The zero-order valence-electron chi connectivity index (χ0n) is 13.1. The van der Waals surface area contributed by atoms with E-state index < -0.39 is 17.4 Å². The summed E-state index contributed by atoms with van der Waals surface area (Å²) in [6.07, 6.45) is 6.69. The lowest BCUT2D eigenvalue weighted by molar-refractivity contribution is -0.136. The molecule has 2 saturated heterocycles. The van der Waals surface area contributed by atoms with Gasteiger partial charge in [-0.05, 0) is 12.1 Å². The van der Waals surface area contributed by atoms with Gasteiger partial charge in [-0.1, -0.05) is 12.2 Å². The number of rotatable bonds is 4. The smallest absolute Gasteiger partial charge is 0.233 e. The first kappa shape index (κ1) is 14.9. The van der Waals surface area contributed by atoms with E-state index >= 15 is 0 Å². The summed E-state index contributed by atoms with van der Waals surface area (Å²) in [6.45, 7) is 0.817. The van der Waals surface area contributed by atoms with Gasteiger partial charge >= 0.3 is 0 Å². The van der Waals surface area contributed by atoms with Crippen LogP contribution in [0.25, 0.3) is 0 Å². The molecule has 5 heterocycles. The maximum absolute atomic E-state index is 13.0. The Labute approximate surface area is 147 Å². The Morgan fingerprint density at radius 3 is 3.20 bits per heavy atom. The van der Waals surface area contributed by atoms with E-state index in [1.807, 2.05) is 18.2 Å². The van der Waals surface area contributed by atoms with Crippen molar-refractivity contribution in [2.45, 2.75) is 18.2 Å². The molecule has 4 atom stereocenters. The predicted octanol–water partition coefficient (Wildman–Crippen LogP) is 1.66. The maximum atomic E-state index is 13.0. The molecule has 128 valence electrons. The molecule has 1 N–H and O–H groups in total. The summed E-state index contributed by atoms with van der Waals surface area (Å²) >= 11 is 1.35. The molecular formula is C17H15N3O4S. The highest BCUT2D eigenvalue weighted by atomic mass is 32.1. The van der Waals surface area contributed by atoms with Crippen LogP contribution < -0.4 is 5.32 Å². The zero-order valence-corrected chi connectivity index (χ0v) is 13.9. The van der Waals surface area contributed by atoms with E-state index in [-0.39, 0.29) is 17.9 Å². The van der Waals surface area contributed by atoms with Gasteiger partial charge in [0.05, 0.1) is 37.3 Å². The Balaban J connectivity index is 1.41. The molecule has 0 aromatic carbocycles. The van der Waals surface area contributed by atoms with Gasteiger partial charge in [-0.2, -0.15) is 0 Å². The molecule has 2 bridgehead atoms. The highest BCUT2D eigenvalue weighted by molar-refractivity contribution is 7.13. The second-order valence-corrected chi connectivity index (χ2v) is 7.39. The normalized spacial score (nSPS) is 32.4. The number of likely N-dealkylation sites (tertiary alicyclic amines) is 1. The standard InChI is InChI=1S/C17H15N3O4S/c21-14(19-16-18-5-7-25-16)12-11-3-4-17(24-11)9-20(15(22)13(12)17)8-10-2-1-6-23-10/h1-7,11-13H,8-9H2,(H,18,19,21)/t11-,12+,13+,17-/m0/s1. The molecule has 2 aromatic rings. The molecule has 2 aromatic heterocycles. The van der Waals surface area contributed by atoms with Crippen molar-refractivity contribution in [1.82, 2.24) is 9.88 Å². The van der Waals surface area contributed by atoms with Gasteiger partial charge in [-0.3, -0.25) is 9.59 Å². The number of thiazole rings is 1. The number of nitrogens with one attached hydrogen (secondary N) is 1. The van der Waals surface area contributed by atoms with Gasteiger partial charge in [0.15, 0.2) is 5.13 Å². The molecule has 1 spiro atoms. The van der Waals surface area contributed by atoms with E-state index in [9.17, 15) is 9.59 Å². The first-order valence-corrected chi connectivity index (χ1v) is 8.93. The van der Waals surface area contributed by atoms with Crippen LogP contribution in [0.1, 0.15) is 5.76 Å². The van der Waals surface area contributed by atoms with Crippen LogP contribution in [0.3, 0.4) is 0 Å². The maximum Gasteiger partial charge on any atom is 0.233 e. The van der Waals surface area contributed by atoms with Crippen molar-refractivity contribution in [3.05, 3.63) is 47.9 Å². The van der Waals surface area contributed by atoms with Crippen LogP contribution in [0.4, 0.5) is 5.13 Å². The van der Waals surface area contributed by atoms with Crippen molar-refractivity contribution >= 4 is 28.3 Å². The average molecular weight is 357 g/mol. The van der Waals surface area contributed by atoms with Gasteiger partial charge in [0.2, 0.25) is 11.8 Å². The molecule has 0 aliphatic carbocycles. The topological polar surface area (TPSA) is 84.7 Å². The molecule has 25 heavy (non-hydrogen) atoms. The fraction of sp³-hybridized carbons (Fsp3) is 0.353. The zero-order chi connectivity index (χ0) is 17.0. The fourth-order valence-electron chi connectivity index (χ4n) is 4.08. The van der Waals surface area contributed by atoms with Crippen LogP contribution in [-0.4, -0.2) is 39.9 Å². The Hall–Kier alpha value is -2.45. The second kappa shape index (κ2) is 5.27. The van der Waals surface area contributed by atoms with Crippen LogP contribution in [0.2, 0.25) is 0 Å². The fourth-order valence-corrected chi connectivity index (χ4v) is 4.61. The third-order valence-corrected chi connectivity index (χ3v) is 5.76. The van der Waals surface area contributed by atoms with Crippen LogP contribution in [0.15, 0.2) is 46.5 Å². The number of nitrogens with zero attached hydrogens (tertiary/aromatic N) is 2. The average Bonchev–Trinajstić information content (AvgIpc) is 3.37. The number of hydrogen-bond acceptors (Lipinski definition) is 6. The number of aromatic nitrogens is 1. The molecule has 7 nitrogen and oxygen atoms in total. The lowest BCUT2D eigenvalue weighted by Crippen LogP contribution is -2.41. The van der Waals surface area contributed by atoms with Gasteiger partial charge < -0.3 is 19.4 Å². The summed E-state index contributed by atoms with van der Waals surface area (Å²) in [5.41, 5.74) is -0.709. The van der Waals surface area contributed by atoms with E-state index in [2.05, 4.69) is 10.3 Å². The number of furan rings is 1. The van der Waals surface area contributed by atoms with Crippen LogP contribution >= 0.6 is 11.3 Å². The summed E-state index contributed by atoms with van der Waals surface area (Å²) in [7, 11) is 0. The third kappa shape index (κ3) is 2.17. The largest absolute Gasteiger partial charge is 0.467 e. The van der Waals surface area contributed by atoms with Crippen LogP contribution in [-0.2, 0) is 20.9 Å². The SMILES string of the molecule is O=C(Nc1nccs1)[C@@H]1[C@@H]2C=C[C@@]3(CN(Cc4ccco4)C(=O)[C@@H]13)O2. The Bertz CT molecular complexity index is 847. The highest BCUT2D eigenvalue weighted by Gasteiger charge is 2.66. The van der Waals surface area contributed by atoms with Gasteiger partial charge in [0, 0.05) is 11.6 Å². The van der Waals surface area contributed by atoms with E-state index in [1.165, 1.54) is 11.3 Å². The van der Waals surface area contributed by atoms with Gasteiger partial charge in [-0.25, -0.2) is 4.98 Å². The number of hydrogen-bond donors (Lipinski definition) is 1. The molecule has 3 aliphatic heterocycles. The predicted molar refractivity (Wildman–Crippen MR) is 88.6 cm³/mol. The Morgan fingerprint density at radius 1 is 1.52 bits per heavy atom. The third-order valence-electron chi connectivity index (χ3n) is 5.07. The second-order valence-electron chi connectivity index (χ2n) is 6.50. The summed E-state index contributed by atoms with van der Waals surface area (Å²) in [5, 5.41) is 5.13. The minimum Gasteiger partial charge on any atom is -0.467 e. The molecule has 5 rings (SSSR count). The van der Waals surface area contributed by atoms with Crippen LogP contribution in [0.5, 0.6) is 0 Å². The Morgan fingerprint density at radius 2 is 2.44 bits per heavy atom. The van der Waals surface area contributed by atoms with Gasteiger partial charge in [0.1, 0.15) is 11.4 Å². The van der Waals surface area contributed by atoms with E-state index in [4.69, 9.17) is 9.15 Å². The molecule has 0 unspecified atom stereocenters. The van der Waals surface area contributed by atoms with Crippen LogP contribution in [0, 0.1) is 11.8 Å². The van der Waals surface area contributed by atoms with Gasteiger partial charge in [0.25, 0.3) is 0 Å². The number of fused-ring (bicyclic) bond motifs is 1. The minimum absolute atomic E-state index is 0.0671. The molecule has 2 amide bonds. The van der Waals surface area contributed by atoms with Crippen molar-refractivity contribution in [3.63, 3.8) is 0 Å². The number of carbonyl (C=O) groups is 2. The lowest BCUT2D eigenvalue weighted by Gasteiger charge is -2.23. The number of ether oxygens (including phenoxy) is 1. The van der Waals surface area contributed by atoms with E-state index in [1.54, 1.807) is 28.8 Å². The highest BCUT2D eigenvalue weighted by Crippen LogP contribution is 2.52. The quantitative estimate of drug-likeness (QED) is 0.841. The van der Waals surface area contributed by atoms with E-state index in [0.717, 1.165) is 0 Å². The summed E-state index contributed by atoms with van der Waals surface area (Å²) in [5.74, 6) is -0.612. The molecule has 0 saturated carbocycles. The molecular weight excluding hydrogens is 342 g/mol. The van der Waals surface area contributed by atoms with E-state index in [0.29, 0.717) is 24.0 Å². The number of carbonyl (C=O) groups excluding carboxylic acids is 2. The molecule has 8 heteroatoms. The van der Waals surface area contributed by atoms with Crippen molar-refractivity contribution < 1.29 is 18.7 Å². The molecule has 2 fully saturated rings. The van der Waals surface area contributed by atoms with Gasteiger partial charge in [-0.15, -0.1) is 11.3 Å². The molecule has 3 aliphatic rings. The Kier molecular flexibility index (Phi) is 3.13. The minimum atomic E-state index is -0.709. The van der Waals surface area contributed by atoms with Crippen molar-refractivity contribution in [1.29, 1.82) is 0 Å². The first-order valence-electron chi connectivity index (χ1n) is 8.05. The summed E-state index contributed by atoms with van der Waals surface area (Å²) in [4.78, 5) is 31.5. The summed E-state index contributed by atoms with van der Waals surface area (Å²) in [6, 6.07) is 3.63. The lowest BCUT2D eigenvalue weighted by atomic mass is 9.77.